The van der Waals surface area contributed by atoms with Gasteiger partial charge in [-0.15, -0.1) is 0 Å². The largest absolute Gasteiger partial charge is 0.428 e. The second kappa shape index (κ2) is 9.77. The number of hydrogen-bond donors (Lipinski definition) is 0. The Kier molecular flexibility index (Phi) is 7.34. The van der Waals surface area contributed by atoms with Crippen molar-refractivity contribution >= 4 is 46.8 Å². The van der Waals surface area contributed by atoms with E-state index in [0.29, 0.717) is 32.9 Å². The van der Waals surface area contributed by atoms with Crippen molar-refractivity contribution in [3.63, 3.8) is 0 Å². The molecule has 8 heteroatoms. The third-order valence-corrected chi connectivity index (χ3v) is 5.98. The molecule has 0 aliphatic rings. The molecule has 0 fully saturated rings. The summed E-state index contributed by atoms with van der Waals surface area (Å²) in [6, 6.07) is 11.7. The third-order valence-electron chi connectivity index (χ3n) is 4.82. The molecule has 1 unspecified atom stereocenters. The van der Waals surface area contributed by atoms with Crippen LogP contribution in [0.25, 0.3) is 0 Å². The molecule has 0 spiro atoms. The van der Waals surface area contributed by atoms with E-state index >= 15 is 0 Å². The zero-order valence-electron chi connectivity index (χ0n) is 17.6. The van der Waals surface area contributed by atoms with Gasteiger partial charge in [0, 0.05) is 35.6 Å². The van der Waals surface area contributed by atoms with Gasteiger partial charge in [-0.25, -0.2) is 4.99 Å². The fourth-order valence-corrected chi connectivity index (χ4v) is 3.53. The van der Waals surface area contributed by atoms with Gasteiger partial charge >= 0.3 is 0 Å². The van der Waals surface area contributed by atoms with E-state index in [-0.39, 0.29) is 5.92 Å². The minimum absolute atomic E-state index is 0.0303. The van der Waals surface area contributed by atoms with E-state index in [1.807, 2.05) is 56.1 Å². The van der Waals surface area contributed by atoms with Gasteiger partial charge in [0.2, 0.25) is 0 Å². The van der Waals surface area contributed by atoms with E-state index in [2.05, 4.69) is 28.2 Å². The van der Waals surface area contributed by atoms with Gasteiger partial charge in [0.15, 0.2) is 5.82 Å². The van der Waals surface area contributed by atoms with E-state index in [4.69, 9.17) is 27.9 Å². The fraction of sp³-hybridized carbons (Fsp3) is 0.318. The third kappa shape index (κ3) is 5.50. The van der Waals surface area contributed by atoms with Crippen molar-refractivity contribution in [1.82, 2.24) is 14.3 Å². The molecule has 0 bridgehead atoms. The lowest BCUT2D eigenvalue weighted by molar-refractivity contribution is 0.429. The average molecular weight is 463 g/mol. The molecule has 30 heavy (non-hydrogen) atoms. The SMILES string of the molecule is Cc1cc(Oc2nc(C(C)c3ccc(Cl)cc3)ns2)c(Cl)cc1/N=C\N(C)C(C)C. The molecule has 0 saturated carbocycles. The van der Waals surface area contributed by atoms with Crippen LogP contribution in [0.2, 0.25) is 10.0 Å². The molecule has 2 aromatic carbocycles. The van der Waals surface area contributed by atoms with E-state index in [1.165, 1.54) is 11.5 Å². The molecule has 3 rings (SSSR count). The van der Waals surface area contributed by atoms with Crippen molar-refractivity contribution in [2.75, 3.05) is 7.05 Å². The lowest BCUT2D eigenvalue weighted by Gasteiger charge is -2.17. The second-order valence-corrected chi connectivity index (χ2v) is 8.92. The van der Waals surface area contributed by atoms with Crippen LogP contribution in [0.4, 0.5) is 5.69 Å². The van der Waals surface area contributed by atoms with Crippen molar-refractivity contribution in [3.05, 3.63) is 63.4 Å². The number of rotatable bonds is 7. The summed E-state index contributed by atoms with van der Waals surface area (Å²) in [6.07, 6.45) is 1.80. The maximum atomic E-state index is 6.44. The van der Waals surface area contributed by atoms with Gasteiger partial charge in [0.05, 0.1) is 17.0 Å². The molecule has 0 amide bonds. The molecule has 1 aromatic heterocycles. The van der Waals surface area contributed by atoms with Crippen LogP contribution in [0.5, 0.6) is 10.9 Å². The van der Waals surface area contributed by atoms with Crippen LogP contribution in [0.15, 0.2) is 41.4 Å². The Morgan fingerprint density at radius 2 is 1.83 bits per heavy atom. The van der Waals surface area contributed by atoms with Crippen LogP contribution >= 0.6 is 34.7 Å². The number of aromatic nitrogens is 2. The van der Waals surface area contributed by atoms with Crippen molar-refractivity contribution in [2.24, 2.45) is 4.99 Å². The first kappa shape index (κ1) is 22.5. The Labute approximate surface area is 191 Å². The molecule has 0 radical (unpaired) electrons. The first-order valence-corrected chi connectivity index (χ1v) is 11.1. The van der Waals surface area contributed by atoms with Gasteiger partial charge in [-0.3, -0.25) is 0 Å². The summed E-state index contributed by atoms with van der Waals surface area (Å²) >= 11 is 13.6. The van der Waals surface area contributed by atoms with Crippen LogP contribution in [0, 0.1) is 6.92 Å². The van der Waals surface area contributed by atoms with Gasteiger partial charge in [0.1, 0.15) is 5.75 Å². The quantitative estimate of drug-likeness (QED) is 0.277. The van der Waals surface area contributed by atoms with E-state index in [9.17, 15) is 0 Å². The van der Waals surface area contributed by atoms with Crippen molar-refractivity contribution in [1.29, 1.82) is 0 Å². The Morgan fingerprint density at radius 1 is 1.13 bits per heavy atom. The van der Waals surface area contributed by atoms with Crippen LogP contribution in [-0.2, 0) is 0 Å². The molecule has 1 heterocycles. The Morgan fingerprint density at radius 3 is 2.50 bits per heavy atom. The van der Waals surface area contributed by atoms with Gasteiger partial charge in [-0.1, -0.05) is 42.3 Å². The molecule has 0 N–H and O–H groups in total. The summed E-state index contributed by atoms with van der Waals surface area (Å²) in [5.41, 5.74) is 2.85. The van der Waals surface area contributed by atoms with Crippen molar-refractivity contribution in [2.45, 2.75) is 39.7 Å². The molecule has 1 atom stereocenters. The monoisotopic (exact) mass is 462 g/mol. The minimum atomic E-state index is 0.0303. The Balaban J connectivity index is 1.75. The predicted molar refractivity (Wildman–Crippen MR) is 126 cm³/mol. The summed E-state index contributed by atoms with van der Waals surface area (Å²) in [7, 11) is 1.99. The summed E-state index contributed by atoms with van der Waals surface area (Å²) in [5, 5.41) is 1.63. The number of halogens is 2. The summed E-state index contributed by atoms with van der Waals surface area (Å²) in [5.74, 6) is 1.26. The Hall–Kier alpha value is -2.15. The molecule has 0 saturated heterocycles. The molecular weight excluding hydrogens is 439 g/mol. The molecule has 5 nitrogen and oxygen atoms in total. The zero-order chi connectivity index (χ0) is 21.8. The van der Waals surface area contributed by atoms with E-state index in [0.717, 1.165) is 16.8 Å². The first-order chi connectivity index (χ1) is 14.2. The molecule has 0 aliphatic carbocycles. The van der Waals surface area contributed by atoms with Crippen molar-refractivity contribution < 1.29 is 4.74 Å². The highest BCUT2D eigenvalue weighted by atomic mass is 35.5. The number of aliphatic imine (C=N–C) groups is 1. The van der Waals surface area contributed by atoms with Crippen LogP contribution in [0.3, 0.4) is 0 Å². The van der Waals surface area contributed by atoms with E-state index < -0.39 is 0 Å². The van der Waals surface area contributed by atoms with Gasteiger partial charge in [-0.2, -0.15) is 9.36 Å². The lowest BCUT2D eigenvalue weighted by atomic mass is 10.0. The van der Waals surface area contributed by atoms with Crippen LogP contribution in [0.1, 0.15) is 43.6 Å². The van der Waals surface area contributed by atoms with Gasteiger partial charge in [-0.05, 0) is 56.2 Å². The summed E-state index contributed by atoms with van der Waals surface area (Å²) in [4.78, 5) is 11.1. The summed E-state index contributed by atoms with van der Waals surface area (Å²) in [6.45, 7) is 8.23. The molecule has 0 aliphatic heterocycles. The first-order valence-electron chi connectivity index (χ1n) is 9.57. The maximum absolute atomic E-state index is 6.44. The van der Waals surface area contributed by atoms with Gasteiger partial charge < -0.3 is 9.64 Å². The maximum Gasteiger partial charge on any atom is 0.298 e. The smallest absolute Gasteiger partial charge is 0.298 e. The standard InChI is InChI=1S/C22H24Cl2N4OS/c1-13(2)28(5)12-25-19-11-18(24)20(10-14(19)3)29-22-26-21(27-30-22)15(4)16-6-8-17(23)9-7-16/h6-13,15H,1-5H3/b25-12-. The number of aryl methyl sites for hydroxylation is 1. The van der Waals surface area contributed by atoms with E-state index in [1.54, 1.807) is 12.4 Å². The minimum Gasteiger partial charge on any atom is -0.428 e. The fourth-order valence-electron chi connectivity index (χ4n) is 2.58. The number of nitrogens with zero attached hydrogens (tertiary/aromatic N) is 4. The number of hydrogen-bond acceptors (Lipinski definition) is 5. The predicted octanol–water partition coefficient (Wildman–Crippen LogP) is 7.10. The topological polar surface area (TPSA) is 50.6 Å². The van der Waals surface area contributed by atoms with Gasteiger partial charge in [0.25, 0.3) is 5.19 Å². The normalized spacial score (nSPS) is 12.5. The number of benzene rings is 2. The van der Waals surface area contributed by atoms with Crippen LogP contribution in [-0.4, -0.2) is 33.7 Å². The number of ether oxygens (including phenoxy) is 1. The van der Waals surface area contributed by atoms with Crippen LogP contribution < -0.4 is 4.74 Å². The second-order valence-electron chi connectivity index (χ2n) is 7.37. The molecule has 3 aromatic rings. The summed E-state index contributed by atoms with van der Waals surface area (Å²) < 4.78 is 10.4. The highest BCUT2D eigenvalue weighted by Gasteiger charge is 2.17. The van der Waals surface area contributed by atoms with Crippen molar-refractivity contribution in [3.8, 4) is 10.9 Å². The Bertz CT molecular complexity index is 1030. The lowest BCUT2D eigenvalue weighted by Crippen LogP contribution is -2.24. The average Bonchev–Trinajstić information content (AvgIpc) is 3.17. The highest BCUT2D eigenvalue weighted by Crippen LogP contribution is 2.36. The molecule has 158 valence electrons. The molecular formula is C22H24Cl2N4OS. The highest BCUT2D eigenvalue weighted by molar-refractivity contribution is 7.07. The zero-order valence-corrected chi connectivity index (χ0v) is 19.9.